The maximum Gasteiger partial charge on any atom is 0.0747 e. The number of nitrogens with zero attached hydrogens (tertiary/aromatic N) is 2. The molecule has 1 aliphatic rings. The molecule has 1 aliphatic heterocycles. The van der Waals surface area contributed by atoms with Crippen molar-refractivity contribution in [3.8, 4) is 0 Å². The molecule has 2 rings (SSSR count). The molecule has 1 fully saturated rings. The van der Waals surface area contributed by atoms with E-state index in [0.29, 0.717) is 5.92 Å². The van der Waals surface area contributed by atoms with E-state index < -0.39 is 0 Å². The molecule has 0 radical (unpaired) electrons. The van der Waals surface area contributed by atoms with Gasteiger partial charge in [0.2, 0.25) is 0 Å². The summed E-state index contributed by atoms with van der Waals surface area (Å²) in [6.07, 6.45) is 4.12. The van der Waals surface area contributed by atoms with E-state index in [-0.39, 0.29) is 18.8 Å². The number of hydrogen-bond donors (Lipinski definition) is 1. The lowest BCUT2D eigenvalue weighted by Gasteiger charge is -2.39. The number of aromatic nitrogens is 1. The fourth-order valence-electron chi connectivity index (χ4n) is 2.60. The average molecular weight is 264 g/mol. The smallest absolute Gasteiger partial charge is 0.0747 e. The maximum absolute atomic E-state index is 9.52. The minimum atomic E-state index is 0.179. The number of pyridine rings is 1. The highest BCUT2D eigenvalue weighted by Gasteiger charge is 2.28. The molecule has 2 heterocycles. The number of hydrogen-bond acceptors (Lipinski definition) is 4. The molecule has 0 spiro atoms. The van der Waals surface area contributed by atoms with Gasteiger partial charge < -0.3 is 14.7 Å². The Morgan fingerprint density at radius 3 is 2.74 bits per heavy atom. The summed E-state index contributed by atoms with van der Waals surface area (Å²) in [4.78, 5) is 6.73. The minimum Gasteiger partial charge on any atom is -0.394 e. The van der Waals surface area contributed by atoms with Crippen LogP contribution < -0.4 is 4.90 Å². The summed E-state index contributed by atoms with van der Waals surface area (Å²) >= 11 is 0. The first-order valence-corrected chi connectivity index (χ1v) is 7.02. The van der Waals surface area contributed by atoms with Gasteiger partial charge in [-0.15, -0.1) is 0 Å². The normalized spacial score (nSPS) is 23.9. The quantitative estimate of drug-likeness (QED) is 0.905. The zero-order valence-corrected chi connectivity index (χ0v) is 12.0. The van der Waals surface area contributed by atoms with Crippen molar-refractivity contribution in [2.75, 3.05) is 25.2 Å². The molecule has 0 aromatic carbocycles. The number of piperidine rings is 1. The lowest BCUT2D eigenvalue weighted by molar-refractivity contribution is 0.0744. The van der Waals surface area contributed by atoms with Crippen molar-refractivity contribution in [2.24, 2.45) is 0 Å². The van der Waals surface area contributed by atoms with Crippen molar-refractivity contribution in [1.29, 1.82) is 0 Å². The Labute approximate surface area is 115 Å². The number of aliphatic hydroxyl groups excluding tert-OH is 1. The summed E-state index contributed by atoms with van der Waals surface area (Å²) in [5.41, 5.74) is 2.18. The Kier molecular flexibility index (Phi) is 4.77. The van der Waals surface area contributed by atoms with E-state index in [1.165, 1.54) is 0 Å². The summed E-state index contributed by atoms with van der Waals surface area (Å²) in [6.45, 7) is 5.29. The highest BCUT2D eigenvalue weighted by molar-refractivity contribution is 5.46. The van der Waals surface area contributed by atoms with E-state index in [4.69, 9.17) is 4.74 Å². The van der Waals surface area contributed by atoms with Gasteiger partial charge in [-0.3, -0.25) is 4.98 Å². The first-order chi connectivity index (χ1) is 9.15. The van der Waals surface area contributed by atoms with E-state index >= 15 is 0 Å². The molecule has 1 aromatic heterocycles. The van der Waals surface area contributed by atoms with Gasteiger partial charge in [0.15, 0.2) is 0 Å². The molecule has 4 nitrogen and oxygen atoms in total. The summed E-state index contributed by atoms with van der Waals surface area (Å²) in [5.74, 6) is 0.441. The summed E-state index contributed by atoms with van der Waals surface area (Å²) < 4.78 is 5.45. The molecule has 0 bridgehead atoms. The molecular formula is C15H24N2O2. The molecule has 0 amide bonds. The number of ether oxygens (including phenoxy) is 1. The maximum atomic E-state index is 9.52. The number of rotatable bonds is 4. The second-order valence-corrected chi connectivity index (χ2v) is 5.52. The Bertz CT molecular complexity index is 392. The first-order valence-electron chi connectivity index (χ1n) is 7.02. The fraction of sp³-hybridized carbons (Fsp3) is 0.667. The van der Waals surface area contributed by atoms with Crippen LogP contribution in [0.15, 0.2) is 18.3 Å². The molecule has 19 heavy (non-hydrogen) atoms. The van der Waals surface area contributed by atoms with Crippen LogP contribution in [0.25, 0.3) is 0 Å². The van der Waals surface area contributed by atoms with Gasteiger partial charge >= 0.3 is 0 Å². The van der Waals surface area contributed by atoms with Gasteiger partial charge in [-0.1, -0.05) is 13.8 Å². The number of aliphatic hydroxyl groups is 1. The molecular weight excluding hydrogens is 240 g/mol. The van der Waals surface area contributed by atoms with E-state index in [1.54, 1.807) is 7.11 Å². The fourth-order valence-corrected chi connectivity index (χ4v) is 2.60. The predicted molar refractivity (Wildman–Crippen MR) is 76.6 cm³/mol. The van der Waals surface area contributed by atoms with Gasteiger partial charge in [-0.25, -0.2) is 0 Å². The third-order valence-electron chi connectivity index (χ3n) is 3.90. The van der Waals surface area contributed by atoms with Crippen molar-refractivity contribution in [3.63, 3.8) is 0 Å². The Balaban J connectivity index is 2.16. The van der Waals surface area contributed by atoms with Crippen LogP contribution in [0, 0.1) is 0 Å². The Hall–Kier alpha value is -1.13. The molecule has 2 atom stereocenters. The van der Waals surface area contributed by atoms with Crippen LogP contribution in [-0.4, -0.2) is 42.5 Å². The number of anilines is 1. The van der Waals surface area contributed by atoms with E-state index in [0.717, 1.165) is 30.8 Å². The van der Waals surface area contributed by atoms with Crippen molar-refractivity contribution < 1.29 is 9.84 Å². The van der Waals surface area contributed by atoms with Crippen molar-refractivity contribution in [2.45, 2.75) is 44.8 Å². The predicted octanol–water partition coefficient (Wildman–Crippen LogP) is 2.18. The van der Waals surface area contributed by atoms with Crippen molar-refractivity contribution in [3.05, 3.63) is 24.0 Å². The Morgan fingerprint density at radius 1 is 1.42 bits per heavy atom. The molecule has 0 saturated carbocycles. The lowest BCUT2D eigenvalue weighted by atomic mass is 9.99. The van der Waals surface area contributed by atoms with Gasteiger partial charge in [0, 0.05) is 19.3 Å². The van der Waals surface area contributed by atoms with Crippen LogP contribution >= 0.6 is 0 Å². The van der Waals surface area contributed by atoms with Crippen molar-refractivity contribution in [1.82, 2.24) is 4.98 Å². The third-order valence-corrected chi connectivity index (χ3v) is 3.90. The van der Waals surface area contributed by atoms with E-state index in [1.807, 2.05) is 6.20 Å². The van der Waals surface area contributed by atoms with Crippen LogP contribution in [0.5, 0.6) is 0 Å². The van der Waals surface area contributed by atoms with Crippen LogP contribution in [0.1, 0.15) is 38.3 Å². The largest absolute Gasteiger partial charge is 0.394 e. The van der Waals surface area contributed by atoms with Gasteiger partial charge in [0.1, 0.15) is 0 Å². The molecule has 4 heteroatoms. The first kappa shape index (κ1) is 14.3. The molecule has 2 unspecified atom stereocenters. The summed E-state index contributed by atoms with van der Waals surface area (Å²) in [5, 5.41) is 9.52. The molecule has 0 aliphatic carbocycles. The SMILES string of the molecule is COC1CCC(CO)N(c2ccc(C(C)C)nc2)C1. The number of methoxy groups -OCH3 is 1. The van der Waals surface area contributed by atoms with Crippen LogP contribution in [0.3, 0.4) is 0 Å². The van der Waals surface area contributed by atoms with E-state index in [2.05, 4.69) is 35.9 Å². The van der Waals surface area contributed by atoms with Gasteiger partial charge in [-0.2, -0.15) is 0 Å². The lowest BCUT2D eigenvalue weighted by Crippen LogP contribution is -2.48. The summed E-state index contributed by atoms with van der Waals surface area (Å²) in [7, 11) is 1.75. The average Bonchev–Trinajstić information content (AvgIpc) is 2.46. The highest BCUT2D eigenvalue weighted by Crippen LogP contribution is 2.26. The van der Waals surface area contributed by atoms with Crippen LogP contribution in [0.2, 0.25) is 0 Å². The Morgan fingerprint density at radius 2 is 2.21 bits per heavy atom. The second-order valence-electron chi connectivity index (χ2n) is 5.52. The second kappa shape index (κ2) is 6.35. The van der Waals surface area contributed by atoms with E-state index in [9.17, 15) is 5.11 Å². The summed E-state index contributed by atoms with van der Waals surface area (Å²) in [6, 6.07) is 4.35. The molecule has 106 valence electrons. The van der Waals surface area contributed by atoms with Gasteiger partial charge in [0.05, 0.1) is 30.6 Å². The highest BCUT2D eigenvalue weighted by atomic mass is 16.5. The van der Waals surface area contributed by atoms with Crippen LogP contribution in [-0.2, 0) is 4.74 Å². The topological polar surface area (TPSA) is 45.6 Å². The molecule has 1 N–H and O–H groups in total. The third kappa shape index (κ3) is 3.25. The van der Waals surface area contributed by atoms with Gasteiger partial charge in [0.25, 0.3) is 0 Å². The minimum absolute atomic E-state index is 0.179. The van der Waals surface area contributed by atoms with Gasteiger partial charge in [-0.05, 0) is 30.9 Å². The zero-order chi connectivity index (χ0) is 13.8. The van der Waals surface area contributed by atoms with Crippen molar-refractivity contribution >= 4 is 5.69 Å². The molecule has 1 aromatic rings. The standard InChI is InChI=1S/C15H24N2O2/c1-11(2)15-7-5-12(8-16-15)17-9-14(19-3)6-4-13(17)10-18/h5,7-8,11,13-14,18H,4,6,9-10H2,1-3H3. The molecule has 1 saturated heterocycles. The zero-order valence-electron chi connectivity index (χ0n) is 12.0. The van der Waals surface area contributed by atoms with Crippen LogP contribution in [0.4, 0.5) is 5.69 Å². The monoisotopic (exact) mass is 264 g/mol.